The van der Waals surface area contributed by atoms with Gasteiger partial charge in [0, 0.05) is 19.0 Å². The van der Waals surface area contributed by atoms with Crippen molar-refractivity contribution in [2.45, 2.75) is 24.7 Å². The van der Waals surface area contributed by atoms with Gasteiger partial charge in [0.15, 0.2) is 0 Å². The topological polar surface area (TPSA) is 87.2 Å². The van der Waals surface area contributed by atoms with Crippen LogP contribution in [0.3, 0.4) is 0 Å². The quantitative estimate of drug-likeness (QED) is 0.647. The summed E-state index contributed by atoms with van der Waals surface area (Å²) in [5.41, 5.74) is 6.23. The van der Waals surface area contributed by atoms with Crippen LogP contribution >= 0.6 is 0 Å². The van der Waals surface area contributed by atoms with E-state index in [-0.39, 0.29) is 11.8 Å². The Morgan fingerprint density at radius 2 is 1.89 bits per heavy atom. The third-order valence-electron chi connectivity index (χ3n) is 3.61. The van der Waals surface area contributed by atoms with Crippen LogP contribution in [0, 0.1) is 18.3 Å². The van der Waals surface area contributed by atoms with Crippen LogP contribution in [-0.4, -0.2) is 31.6 Å². The Hall–Kier alpha value is -1.40. The van der Waals surface area contributed by atoms with Gasteiger partial charge in [-0.2, -0.15) is 4.31 Å². The first-order chi connectivity index (χ1) is 8.93. The van der Waals surface area contributed by atoms with Crippen LogP contribution in [0.1, 0.15) is 18.4 Å². The van der Waals surface area contributed by atoms with Crippen molar-refractivity contribution in [3.8, 4) is 0 Å². The van der Waals surface area contributed by atoms with Gasteiger partial charge in [-0.25, -0.2) is 8.42 Å². The molecule has 5 nitrogen and oxygen atoms in total. The maximum absolute atomic E-state index is 12.5. The smallest absolute Gasteiger partial charge is 0.243 e. The molecule has 0 amide bonds. The molecule has 0 aromatic heterocycles. The molecule has 0 unspecified atom stereocenters. The van der Waals surface area contributed by atoms with Crippen LogP contribution in [0.5, 0.6) is 0 Å². The van der Waals surface area contributed by atoms with Crippen LogP contribution in [0.2, 0.25) is 0 Å². The van der Waals surface area contributed by atoms with Crippen LogP contribution in [0.25, 0.3) is 0 Å². The minimum atomic E-state index is -3.42. The Morgan fingerprint density at radius 3 is 2.42 bits per heavy atom. The molecule has 1 aliphatic heterocycles. The first-order valence-electron chi connectivity index (χ1n) is 6.32. The molecular weight excluding hydrogens is 262 g/mol. The van der Waals surface area contributed by atoms with Crippen molar-refractivity contribution in [2.75, 3.05) is 13.1 Å². The van der Waals surface area contributed by atoms with Crippen LogP contribution in [0.15, 0.2) is 29.2 Å². The Labute approximate surface area is 114 Å². The summed E-state index contributed by atoms with van der Waals surface area (Å²) in [7, 11) is -3.42. The fourth-order valence-electron chi connectivity index (χ4n) is 2.39. The van der Waals surface area contributed by atoms with Gasteiger partial charge < -0.3 is 5.73 Å². The van der Waals surface area contributed by atoms with Crippen LogP contribution in [0.4, 0.5) is 0 Å². The lowest BCUT2D eigenvalue weighted by molar-refractivity contribution is 0.314. The Kier molecular flexibility index (Phi) is 3.91. The van der Waals surface area contributed by atoms with Crippen molar-refractivity contribution in [3.05, 3.63) is 29.8 Å². The maximum Gasteiger partial charge on any atom is 0.243 e. The summed E-state index contributed by atoms with van der Waals surface area (Å²) in [5.74, 6) is 0.177. The van der Waals surface area contributed by atoms with Crippen molar-refractivity contribution in [1.82, 2.24) is 4.31 Å². The lowest BCUT2D eigenvalue weighted by Crippen LogP contribution is -2.41. The van der Waals surface area contributed by atoms with E-state index >= 15 is 0 Å². The van der Waals surface area contributed by atoms with E-state index in [1.54, 1.807) is 25.1 Å². The van der Waals surface area contributed by atoms with Gasteiger partial charge >= 0.3 is 0 Å². The predicted molar refractivity (Wildman–Crippen MR) is 74.6 cm³/mol. The summed E-state index contributed by atoms with van der Waals surface area (Å²) in [6.45, 7) is 2.66. The van der Waals surface area contributed by atoms with Crippen LogP contribution < -0.4 is 5.73 Å². The van der Waals surface area contributed by atoms with E-state index in [1.807, 2.05) is 6.07 Å². The number of benzene rings is 1. The monoisotopic (exact) mass is 281 g/mol. The highest BCUT2D eigenvalue weighted by molar-refractivity contribution is 7.89. The summed E-state index contributed by atoms with van der Waals surface area (Å²) < 4.78 is 26.5. The van der Waals surface area contributed by atoms with Gasteiger partial charge in [0.05, 0.1) is 10.7 Å². The first kappa shape index (κ1) is 14.0. The van der Waals surface area contributed by atoms with E-state index < -0.39 is 10.0 Å². The average molecular weight is 281 g/mol. The zero-order valence-electron chi connectivity index (χ0n) is 11.0. The summed E-state index contributed by atoms with van der Waals surface area (Å²) in [6, 6.07) is 7.01. The van der Waals surface area contributed by atoms with E-state index in [2.05, 4.69) is 0 Å². The number of rotatable bonds is 3. The molecule has 0 radical (unpaired) electrons. The molecule has 19 heavy (non-hydrogen) atoms. The van der Waals surface area contributed by atoms with Gasteiger partial charge in [-0.1, -0.05) is 18.2 Å². The van der Waals surface area contributed by atoms with Gasteiger partial charge in [0.1, 0.15) is 0 Å². The lowest BCUT2D eigenvalue weighted by atomic mass is 9.97. The number of amidine groups is 1. The van der Waals surface area contributed by atoms with Crippen molar-refractivity contribution in [2.24, 2.45) is 11.7 Å². The lowest BCUT2D eigenvalue weighted by Gasteiger charge is -2.30. The van der Waals surface area contributed by atoms with E-state index in [1.165, 1.54) is 4.31 Å². The molecule has 1 aromatic carbocycles. The summed E-state index contributed by atoms with van der Waals surface area (Å²) in [5, 5.41) is 7.42. The number of aryl methyl sites for hydroxylation is 1. The number of nitrogens with two attached hydrogens (primary N) is 1. The Balaban J connectivity index is 2.19. The van der Waals surface area contributed by atoms with Crippen molar-refractivity contribution < 1.29 is 8.42 Å². The number of piperidine rings is 1. The molecule has 1 fully saturated rings. The van der Waals surface area contributed by atoms with Crippen molar-refractivity contribution in [1.29, 1.82) is 5.41 Å². The highest BCUT2D eigenvalue weighted by atomic mass is 32.2. The van der Waals surface area contributed by atoms with E-state index in [0.717, 1.165) is 5.56 Å². The Morgan fingerprint density at radius 1 is 1.32 bits per heavy atom. The number of hydrogen-bond acceptors (Lipinski definition) is 3. The molecule has 0 bridgehead atoms. The molecule has 1 aromatic rings. The maximum atomic E-state index is 12.5. The van der Waals surface area contributed by atoms with E-state index in [4.69, 9.17) is 11.1 Å². The molecule has 1 heterocycles. The standard InChI is InChI=1S/C13H19N3O2S/c1-10-4-2-3-5-12(10)19(17,18)16-8-6-11(7-9-16)13(14)15/h2-5,11H,6-9H2,1H3,(H3,14,15). The fraction of sp³-hybridized carbons (Fsp3) is 0.462. The Bertz CT molecular complexity index is 575. The third kappa shape index (κ3) is 2.79. The van der Waals surface area contributed by atoms with Gasteiger partial charge in [-0.3, -0.25) is 5.41 Å². The summed E-state index contributed by atoms with van der Waals surface area (Å²) in [6.07, 6.45) is 1.25. The minimum Gasteiger partial charge on any atom is -0.387 e. The summed E-state index contributed by atoms with van der Waals surface area (Å²) >= 11 is 0. The molecule has 1 aliphatic rings. The number of nitrogens with one attached hydrogen (secondary N) is 1. The average Bonchev–Trinajstić information content (AvgIpc) is 2.39. The van der Waals surface area contributed by atoms with Crippen molar-refractivity contribution in [3.63, 3.8) is 0 Å². The van der Waals surface area contributed by atoms with E-state index in [0.29, 0.717) is 30.8 Å². The van der Waals surface area contributed by atoms with Gasteiger partial charge in [-0.15, -0.1) is 0 Å². The zero-order valence-corrected chi connectivity index (χ0v) is 11.8. The normalized spacial score (nSPS) is 18.4. The molecule has 104 valence electrons. The number of sulfonamides is 1. The van der Waals surface area contributed by atoms with Gasteiger partial charge in [0.25, 0.3) is 0 Å². The van der Waals surface area contributed by atoms with Gasteiger partial charge in [-0.05, 0) is 31.4 Å². The molecule has 0 saturated carbocycles. The molecule has 6 heteroatoms. The fourth-order valence-corrected chi connectivity index (χ4v) is 4.09. The number of hydrogen-bond donors (Lipinski definition) is 2. The molecule has 1 saturated heterocycles. The molecule has 0 atom stereocenters. The molecule has 0 aliphatic carbocycles. The molecular formula is C13H19N3O2S. The highest BCUT2D eigenvalue weighted by Crippen LogP contribution is 2.25. The second kappa shape index (κ2) is 5.30. The van der Waals surface area contributed by atoms with Crippen LogP contribution in [-0.2, 0) is 10.0 Å². The second-order valence-corrected chi connectivity index (χ2v) is 6.81. The molecule has 0 spiro atoms. The third-order valence-corrected chi connectivity index (χ3v) is 5.66. The SMILES string of the molecule is Cc1ccccc1S(=O)(=O)N1CCC(C(=N)N)CC1. The zero-order chi connectivity index (χ0) is 14.0. The largest absolute Gasteiger partial charge is 0.387 e. The highest BCUT2D eigenvalue weighted by Gasteiger charge is 2.30. The second-order valence-electron chi connectivity index (χ2n) is 4.90. The summed E-state index contributed by atoms with van der Waals surface area (Å²) in [4.78, 5) is 0.372. The predicted octanol–water partition coefficient (Wildman–Crippen LogP) is 1.33. The minimum absolute atomic E-state index is 0.0170. The molecule has 3 N–H and O–H groups in total. The first-order valence-corrected chi connectivity index (χ1v) is 7.76. The van der Waals surface area contributed by atoms with E-state index in [9.17, 15) is 8.42 Å². The van der Waals surface area contributed by atoms with Crippen molar-refractivity contribution >= 4 is 15.9 Å². The number of nitrogens with zero attached hydrogens (tertiary/aromatic N) is 1. The molecule has 2 rings (SSSR count). The van der Waals surface area contributed by atoms with Gasteiger partial charge in [0.2, 0.25) is 10.0 Å².